The van der Waals surface area contributed by atoms with Gasteiger partial charge in [-0.3, -0.25) is 4.68 Å². The van der Waals surface area contributed by atoms with Crippen LogP contribution in [-0.2, 0) is 22.8 Å². The van der Waals surface area contributed by atoms with Crippen LogP contribution in [0, 0.1) is 0 Å². The van der Waals surface area contributed by atoms with Crippen LogP contribution in [0.25, 0.3) is 11.3 Å². The Morgan fingerprint density at radius 1 is 1.17 bits per heavy atom. The summed E-state index contributed by atoms with van der Waals surface area (Å²) in [5, 5.41) is 4.23. The number of benzene rings is 1. The Morgan fingerprint density at radius 2 is 1.87 bits per heavy atom. The van der Waals surface area contributed by atoms with Crippen molar-refractivity contribution >= 4 is 9.84 Å². The fourth-order valence-corrected chi connectivity index (χ4v) is 4.27. The SMILES string of the molecule is O=S(=O)(c1c(C2CC2)nn2c1-c1ccccc1CC2)C(F)(F)F. The van der Waals surface area contributed by atoms with Gasteiger partial charge in [0.1, 0.15) is 4.90 Å². The maximum atomic E-state index is 13.2. The van der Waals surface area contributed by atoms with E-state index in [9.17, 15) is 21.6 Å². The van der Waals surface area contributed by atoms with E-state index in [1.54, 1.807) is 18.2 Å². The number of aromatic nitrogens is 2. The number of aryl methyl sites for hydroxylation is 2. The van der Waals surface area contributed by atoms with Crippen molar-refractivity contribution < 1.29 is 21.6 Å². The Morgan fingerprint density at radius 3 is 2.52 bits per heavy atom. The summed E-state index contributed by atoms with van der Waals surface area (Å²) < 4.78 is 65.3. The van der Waals surface area contributed by atoms with Gasteiger partial charge < -0.3 is 0 Å². The second-order valence-corrected chi connectivity index (χ2v) is 7.79. The standard InChI is InChI=1S/C15H13F3N2O2S/c16-15(17,18)23(21,22)14-12(10-5-6-10)19-20-8-7-9-3-1-2-4-11(9)13(14)20/h1-4,10H,5-8H2. The van der Waals surface area contributed by atoms with Gasteiger partial charge in [0.15, 0.2) is 0 Å². The van der Waals surface area contributed by atoms with E-state index in [0.29, 0.717) is 31.4 Å². The van der Waals surface area contributed by atoms with Crippen LogP contribution in [0.4, 0.5) is 13.2 Å². The first-order chi connectivity index (χ1) is 10.8. The van der Waals surface area contributed by atoms with Gasteiger partial charge in [0.25, 0.3) is 9.84 Å². The molecule has 0 unspecified atom stereocenters. The molecule has 1 aliphatic heterocycles. The second-order valence-electron chi connectivity index (χ2n) is 5.92. The van der Waals surface area contributed by atoms with Gasteiger partial charge in [-0.15, -0.1) is 0 Å². The second kappa shape index (κ2) is 4.59. The molecule has 4 nitrogen and oxygen atoms in total. The summed E-state index contributed by atoms with van der Waals surface area (Å²) in [6.45, 7) is 0.388. The molecule has 0 radical (unpaired) electrons. The number of hydrogen-bond donors (Lipinski definition) is 0. The highest BCUT2D eigenvalue weighted by Gasteiger charge is 2.52. The largest absolute Gasteiger partial charge is 0.502 e. The normalized spacial score (nSPS) is 17.7. The summed E-state index contributed by atoms with van der Waals surface area (Å²) in [5.74, 6) is -0.188. The molecule has 8 heteroatoms. The average Bonchev–Trinajstić information content (AvgIpc) is 3.25. The number of nitrogens with zero attached hydrogens (tertiary/aromatic N) is 2. The molecule has 1 aliphatic carbocycles. The van der Waals surface area contributed by atoms with Gasteiger partial charge in [0.2, 0.25) is 0 Å². The maximum Gasteiger partial charge on any atom is 0.502 e. The topological polar surface area (TPSA) is 52.0 Å². The molecule has 2 aromatic rings. The number of sulfone groups is 1. The third kappa shape index (κ3) is 2.11. The highest BCUT2D eigenvalue weighted by molar-refractivity contribution is 7.92. The summed E-state index contributed by atoms with van der Waals surface area (Å²) in [5.41, 5.74) is -3.78. The zero-order valence-electron chi connectivity index (χ0n) is 12.0. The van der Waals surface area contributed by atoms with Crippen LogP contribution in [0.1, 0.15) is 30.0 Å². The van der Waals surface area contributed by atoms with E-state index in [2.05, 4.69) is 5.10 Å². The van der Waals surface area contributed by atoms with Crippen molar-refractivity contribution in [3.8, 4) is 11.3 Å². The number of halogens is 3. The fraction of sp³-hybridized carbons (Fsp3) is 0.400. The monoisotopic (exact) mass is 342 g/mol. The van der Waals surface area contributed by atoms with Crippen molar-refractivity contribution in [3.63, 3.8) is 0 Å². The van der Waals surface area contributed by atoms with Gasteiger partial charge in [0, 0.05) is 18.0 Å². The van der Waals surface area contributed by atoms with Gasteiger partial charge in [-0.25, -0.2) is 8.42 Å². The maximum absolute atomic E-state index is 13.2. The minimum absolute atomic E-state index is 0.0778. The lowest BCUT2D eigenvalue weighted by molar-refractivity contribution is -0.0436. The molecule has 1 aromatic carbocycles. The highest BCUT2D eigenvalue weighted by Crippen LogP contribution is 2.49. The molecule has 1 saturated carbocycles. The number of fused-ring (bicyclic) bond motifs is 3. The van der Waals surface area contributed by atoms with Crippen LogP contribution in [0.3, 0.4) is 0 Å². The van der Waals surface area contributed by atoms with Gasteiger partial charge >= 0.3 is 5.51 Å². The molecule has 2 heterocycles. The summed E-state index contributed by atoms with van der Waals surface area (Å²) in [6, 6.07) is 6.97. The molecular weight excluding hydrogens is 329 g/mol. The Hall–Kier alpha value is -1.83. The fourth-order valence-electron chi connectivity index (χ4n) is 3.09. The van der Waals surface area contributed by atoms with Crippen molar-refractivity contribution in [2.75, 3.05) is 0 Å². The van der Waals surface area contributed by atoms with Crippen LogP contribution in [0.15, 0.2) is 29.2 Å². The molecule has 1 fully saturated rings. The van der Waals surface area contributed by atoms with E-state index < -0.39 is 20.2 Å². The van der Waals surface area contributed by atoms with Crippen molar-refractivity contribution in [3.05, 3.63) is 35.5 Å². The highest BCUT2D eigenvalue weighted by atomic mass is 32.2. The number of rotatable bonds is 2. The van der Waals surface area contributed by atoms with E-state index in [1.165, 1.54) is 4.68 Å². The van der Waals surface area contributed by atoms with E-state index >= 15 is 0 Å². The smallest absolute Gasteiger partial charge is 0.263 e. The molecule has 2 aliphatic rings. The lowest BCUT2D eigenvalue weighted by Crippen LogP contribution is -2.25. The van der Waals surface area contributed by atoms with Crippen LogP contribution < -0.4 is 0 Å². The Bertz CT molecular complexity index is 896. The lowest BCUT2D eigenvalue weighted by atomic mass is 9.98. The summed E-state index contributed by atoms with van der Waals surface area (Å²) in [7, 11) is -5.44. The molecule has 23 heavy (non-hydrogen) atoms. The van der Waals surface area contributed by atoms with Crippen molar-refractivity contribution in [2.24, 2.45) is 0 Å². The van der Waals surface area contributed by atoms with E-state index in [1.807, 2.05) is 6.07 Å². The van der Waals surface area contributed by atoms with Crippen molar-refractivity contribution in [1.29, 1.82) is 0 Å². The lowest BCUT2D eigenvalue weighted by Gasteiger charge is -2.19. The molecular formula is C15H13F3N2O2S. The third-order valence-electron chi connectivity index (χ3n) is 4.34. The van der Waals surface area contributed by atoms with E-state index in [0.717, 1.165) is 5.56 Å². The van der Waals surface area contributed by atoms with Crippen molar-refractivity contribution in [2.45, 2.75) is 42.1 Å². The van der Waals surface area contributed by atoms with Gasteiger partial charge in [0.05, 0.1) is 11.4 Å². The molecule has 4 rings (SSSR count). The van der Waals surface area contributed by atoms with Gasteiger partial charge in [-0.1, -0.05) is 24.3 Å². The molecule has 0 saturated heterocycles. The minimum Gasteiger partial charge on any atom is -0.263 e. The van der Waals surface area contributed by atoms with Crippen molar-refractivity contribution in [1.82, 2.24) is 9.78 Å². The molecule has 1 aromatic heterocycles. The summed E-state index contributed by atoms with van der Waals surface area (Å²) >= 11 is 0. The molecule has 0 spiro atoms. The first-order valence-electron chi connectivity index (χ1n) is 7.31. The van der Waals surface area contributed by atoms with Crippen LogP contribution in [-0.4, -0.2) is 23.7 Å². The Labute approximate surface area is 130 Å². The molecule has 122 valence electrons. The van der Waals surface area contributed by atoms with E-state index in [4.69, 9.17) is 0 Å². The van der Waals surface area contributed by atoms with Crippen LogP contribution >= 0.6 is 0 Å². The van der Waals surface area contributed by atoms with Crippen LogP contribution in [0.2, 0.25) is 0 Å². The Kier molecular flexibility index (Phi) is 2.94. The molecule has 0 bridgehead atoms. The number of hydrogen-bond acceptors (Lipinski definition) is 3. The number of alkyl halides is 3. The zero-order valence-corrected chi connectivity index (χ0v) is 12.8. The summed E-state index contributed by atoms with van der Waals surface area (Å²) in [6.07, 6.45) is 1.98. The third-order valence-corrected chi connectivity index (χ3v) is 5.89. The van der Waals surface area contributed by atoms with Crippen LogP contribution in [0.5, 0.6) is 0 Å². The Balaban J connectivity index is 2.05. The quantitative estimate of drug-likeness (QED) is 0.842. The predicted octanol–water partition coefficient (Wildman–Crippen LogP) is 3.28. The van der Waals surface area contributed by atoms with Gasteiger partial charge in [-0.2, -0.15) is 18.3 Å². The van der Waals surface area contributed by atoms with Gasteiger partial charge in [-0.05, 0) is 24.8 Å². The zero-order chi connectivity index (χ0) is 16.4. The first-order valence-corrected chi connectivity index (χ1v) is 8.79. The molecule has 0 amide bonds. The average molecular weight is 342 g/mol. The first kappa shape index (κ1) is 14.7. The summed E-state index contributed by atoms with van der Waals surface area (Å²) in [4.78, 5) is -0.639. The van der Waals surface area contributed by atoms with E-state index in [-0.39, 0.29) is 17.3 Å². The molecule has 0 atom stereocenters. The minimum atomic E-state index is -5.44. The molecule has 0 N–H and O–H groups in total. The predicted molar refractivity (Wildman–Crippen MR) is 76.6 cm³/mol.